The predicted molar refractivity (Wildman–Crippen MR) is 165 cm³/mol. The second-order valence-corrected chi connectivity index (χ2v) is 12.4. The number of ether oxygens (including phenoxy) is 1. The van der Waals surface area contributed by atoms with Crippen molar-refractivity contribution in [2.75, 3.05) is 13.2 Å². The maximum atomic E-state index is 13.2. The van der Waals surface area contributed by atoms with Gasteiger partial charge in [0.25, 0.3) is 15.9 Å². The fourth-order valence-electron chi connectivity index (χ4n) is 5.21. The van der Waals surface area contributed by atoms with Crippen molar-refractivity contribution in [3.05, 3.63) is 112 Å². The fraction of sp³-hybridized carbons (Fsp3) is 0.212. The summed E-state index contributed by atoms with van der Waals surface area (Å²) in [5.41, 5.74) is 5.41. The minimum absolute atomic E-state index is 0.0248. The molecule has 4 aromatic carbocycles. The van der Waals surface area contributed by atoms with Crippen LogP contribution in [0.25, 0.3) is 16.3 Å². The normalized spacial score (nSPS) is 12.7. The zero-order chi connectivity index (χ0) is 29.9. The van der Waals surface area contributed by atoms with Gasteiger partial charge in [-0.3, -0.25) is 9.59 Å². The molecule has 2 N–H and O–H groups in total. The topological polar surface area (TPSA) is 102 Å². The number of nitrogens with one attached hydrogen (secondary N) is 2. The van der Waals surface area contributed by atoms with Crippen molar-refractivity contribution in [1.29, 1.82) is 0 Å². The number of aryl methyl sites for hydroxylation is 2. The third kappa shape index (κ3) is 6.50. The van der Waals surface area contributed by atoms with Crippen molar-refractivity contribution in [3.63, 3.8) is 0 Å². The Balaban J connectivity index is 1.22. The molecule has 1 aliphatic rings. The first-order chi connectivity index (χ1) is 20.1. The van der Waals surface area contributed by atoms with Crippen LogP contribution in [0, 0.1) is 13.8 Å². The molecule has 0 radical (unpaired) electrons. The summed E-state index contributed by atoms with van der Waals surface area (Å²) in [6.07, 6.45) is 1.71. The summed E-state index contributed by atoms with van der Waals surface area (Å²) >= 11 is 6.26. The van der Waals surface area contributed by atoms with Gasteiger partial charge in [-0.05, 0) is 89.6 Å². The summed E-state index contributed by atoms with van der Waals surface area (Å²) < 4.78 is 33.7. The number of sulfonamides is 1. The average Bonchev–Trinajstić information content (AvgIpc) is 3.35. The highest BCUT2D eigenvalue weighted by atomic mass is 35.5. The number of carbonyl (C=O) groups excluding carboxylic acids is 2. The first-order valence-corrected chi connectivity index (χ1v) is 15.5. The number of rotatable bonds is 10. The molecule has 0 heterocycles. The number of fused-ring (bicyclic) bond motifs is 2. The lowest BCUT2D eigenvalue weighted by molar-refractivity contribution is -0.123. The van der Waals surface area contributed by atoms with Gasteiger partial charge in [-0.1, -0.05) is 66.2 Å². The molecule has 0 atom stereocenters. The van der Waals surface area contributed by atoms with Gasteiger partial charge in [0.05, 0.1) is 18.0 Å². The van der Waals surface area contributed by atoms with Gasteiger partial charge in [0.1, 0.15) is 5.75 Å². The van der Waals surface area contributed by atoms with E-state index < -0.39 is 28.4 Å². The Labute approximate surface area is 250 Å². The zero-order valence-electron chi connectivity index (χ0n) is 23.4. The molecule has 0 saturated carbocycles. The Morgan fingerprint density at radius 1 is 0.905 bits per heavy atom. The van der Waals surface area contributed by atoms with E-state index in [1.54, 1.807) is 12.1 Å². The summed E-state index contributed by atoms with van der Waals surface area (Å²) in [5, 5.41) is 4.97. The summed E-state index contributed by atoms with van der Waals surface area (Å²) in [6, 6.07) is 23.6. The van der Waals surface area contributed by atoms with Crippen LogP contribution in [0.2, 0.25) is 5.02 Å². The lowest BCUT2D eigenvalue weighted by atomic mass is 10.0. The zero-order valence-corrected chi connectivity index (χ0v) is 24.9. The molecule has 0 saturated heterocycles. The minimum Gasteiger partial charge on any atom is -0.494 e. The van der Waals surface area contributed by atoms with Gasteiger partial charge in [0.15, 0.2) is 0 Å². The summed E-state index contributed by atoms with van der Waals surface area (Å²) in [7, 11) is -4.10. The lowest BCUT2D eigenvalue weighted by Crippen LogP contribution is -2.40. The second kappa shape index (κ2) is 12.4. The lowest BCUT2D eigenvalue weighted by Gasteiger charge is -2.12. The molecule has 0 unspecified atom stereocenters. The Hall–Kier alpha value is -4.14. The Kier molecular flexibility index (Phi) is 8.66. The van der Waals surface area contributed by atoms with E-state index in [0.717, 1.165) is 49.4 Å². The molecule has 0 bridgehead atoms. The monoisotopic (exact) mass is 602 g/mol. The van der Waals surface area contributed by atoms with Gasteiger partial charge >= 0.3 is 0 Å². The molecule has 216 valence electrons. The van der Waals surface area contributed by atoms with Crippen LogP contribution in [0.5, 0.6) is 5.75 Å². The number of benzene rings is 4. The molecular weight excluding hydrogens is 572 g/mol. The molecule has 0 spiro atoms. The number of allylic oxidation sites excluding steroid dienone is 1. The smallest absolute Gasteiger partial charge is 0.264 e. The molecule has 0 aliphatic heterocycles. The molecule has 42 heavy (non-hydrogen) atoms. The van der Waals surface area contributed by atoms with Crippen LogP contribution in [-0.2, 0) is 26.0 Å². The van der Waals surface area contributed by atoms with Crippen LogP contribution in [0.1, 0.15) is 35.1 Å². The average molecular weight is 603 g/mol. The highest BCUT2D eigenvalue weighted by Crippen LogP contribution is 2.36. The van der Waals surface area contributed by atoms with Crippen LogP contribution in [0.3, 0.4) is 0 Å². The SMILES string of the molecule is Cc1cc(OCCCC2=C(C(=O)NCC(=O)NS(=O)(=O)c3ccc4ccccc4c3)Cc3ccccc32)cc(C)c1Cl. The summed E-state index contributed by atoms with van der Waals surface area (Å²) in [5.74, 6) is -0.474. The third-order valence-corrected chi connectivity index (χ3v) is 9.25. The molecule has 7 nitrogen and oxygen atoms in total. The van der Waals surface area contributed by atoms with E-state index in [1.165, 1.54) is 12.1 Å². The Morgan fingerprint density at radius 2 is 1.60 bits per heavy atom. The summed E-state index contributed by atoms with van der Waals surface area (Å²) in [6.45, 7) is 3.85. The third-order valence-electron chi connectivity index (χ3n) is 7.29. The molecule has 4 aromatic rings. The quantitative estimate of drug-likeness (QED) is 0.220. The largest absolute Gasteiger partial charge is 0.494 e. The van der Waals surface area contributed by atoms with E-state index in [9.17, 15) is 18.0 Å². The predicted octanol–water partition coefficient (Wildman–Crippen LogP) is 5.90. The van der Waals surface area contributed by atoms with Crippen LogP contribution >= 0.6 is 11.6 Å². The maximum Gasteiger partial charge on any atom is 0.264 e. The maximum absolute atomic E-state index is 13.2. The summed E-state index contributed by atoms with van der Waals surface area (Å²) in [4.78, 5) is 25.8. The fourth-order valence-corrected chi connectivity index (χ4v) is 6.33. The van der Waals surface area contributed by atoms with Crippen molar-refractivity contribution in [2.24, 2.45) is 0 Å². The number of amides is 2. The number of hydrogen-bond donors (Lipinski definition) is 2. The van der Waals surface area contributed by atoms with E-state index >= 15 is 0 Å². The van der Waals surface area contributed by atoms with E-state index in [4.69, 9.17) is 16.3 Å². The van der Waals surface area contributed by atoms with E-state index in [0.29, 0.717) is 31.4 Å². The molecule has 2 amide bonds. The first-order valence-electron chi connectivity index (χ1n) is 13.6. The Morgan fingerprint density at radius 3 is 2.36 bits per heavy atom. The van der Waals surface area contributed by atoms with Crippen LogP contribution in [-0.4, -0.2) is 33.4 Å². The van der Waals surface area contributed by atoms with Crippen LogP contribution in [0.4, 0.5) is 0 Å². The molecule has 0 aromatic heterocycles. The Bertz CT molecular complexity index is 1810. The highest BCUT2D eigenvalue weighted by Gasteiger charge is 2.26. The van der Waals surface area contributed by atoms with Gasteiger partial charge in [-0.25, -0.2) is 13.1 Å². The number of halogens is 1. The molecule has 1 aliphatic carbocycles. The van der Waals surface area contributed by atoms with E-state index in [-0.39, 0.29) is 4.90 Å². The number of hydrogen-bond acceptors (Lipinski definition) is 5. The van der Waals surface area contributed by atoms with Gasteiger partial charge < -0.3 is 10.1 Å². The van der Waals surface area contributed by atoms with Crippen molar-refractivity contribution < 1.29 is 22.7 Å². The van der Waals surface area contributed by atoms with Gasteiger partial charge in [0, 0.05) is 17.0 Å². The molecule has 9 heteroatoms. The number of carbonyl (C=O) groups is 2. The van der Waals surface area contributed by atoms with Crippen LogP contribution < -0.4 is 14.8 Å². The van der Waals surface area contributed by atoms with Gasteiger partial charge in [-0.15, -0.1) is 0 Å². The van der Waals surface area contributed by atoms with E-state index in [2.05, 4.69) is 10.0 Å². The van der Waals surface area contributed by atoms with Crippen molar-refractivity contribution in [2.45, 2.75) is 38.0 Å². The van der Waals surface area contributed by atoms with Crippen molar-refractivity contribution in [3.8, 4) is 5.75 Å². The standard InChI is InChI=1S/C33H31ClN2O5S/c1-21-16-26(17-22(2)32(21)34)41-15-7-12-29-28-11-6-5-10-25(28)19-30(29)33(38)35-20-31(37)36-42(39,40)27-14-13-23-8-3-4-9-24(23)18-27/h3-6,8-11,13-14,16-18H,7,12,15,19-20H2,1-2H3,(H,35,38)(H,36,37). The molecular formula is C33H31ClN2O5S. The minimum atomic E-state index is -4.10. The molecule has 5 rings (SSSR count). The van der Waals surface area contributed by atoms with Gasteiger partial charge in [0.2, 0.25) is 5.91 Å². The van der Waals surface area contributed by atoms with Crippen molar-refractivity contribution >= 4 is 49.8 Å². The van der Waals surface area contributed by atoms with Crippen molar-refractivity contribution in [1.82, 2.24) is 10.0 Å². The van der Waals surface area contributed by atoms with Gasteiger partial charge in [-0.2, -0.15) is 0 Å². The van der Waals surface area contributed by atoms with E-state index in [1.807, 2.05) is 68.4 Å². The molecule has 0 fully saturated rings. The van der Waals surface area contributed by atoms with Crippen LogP contribution in [0.15, 0.2) is 89.3 Å². The first kappa shape index (κ1) is 29.4. The highest BCUT2D eigenvalue weighted by molar-refractivity contribution is 7.90. The second-order valence-electron chi connectivity index (χ2n) is 10.3.